The van der Waals surface area contributed by atoms with Crippen LogP contribution in [-0.4, -0.2) is 22.9 Å². The minimum Gasteiger partial charge on any atom is -0.306 e. The molecule has 2 rings (SSSR count). The highest BCUT2D eigenvalue weighted by Crippen LogP contribution is 2.49. The molecular weight excluding hydrogens is 279 g/mol. The van der Waals surface area contributed by atoms with Crippen molar-refractivity contribution in [1.29, 1.82) is 0 Å². The Balaban J connectivity index is 2.24. The lowest BCUT2D eigenvalue weighted by molar-refractivity contribution is -0.115. The number of carbonyl (C=O) groups is 1. The van der Waals surface area contributed by atoms with E-state index in [2.05, 4.69) is 25.9 Å². The molecule has 0 radical (unpaired) electrons. The van der Waals surface area contributed by atoms with Crippen LogP contribution in [0.15, 0.2) is 36.3 Å². The second kappa shape index (κ2) is 6.37. The Morgan fingerprint density at radius 2 is 2.23 bits per heavy atom. The number of carbonyl (C=O) groups excluding carboxylic acids is 1. The van der Waals surface area contributed by atoms with Crippen molar-refractivity contribution in [3.8, 4) is 0 Å². The van der Waals surface area contributed by atoms with E-state index in [1.54, 1.807) is 6.92 Å². The third-order valence-corrected chi connectivity index (χ3v) is 5.51. The average molecular weight is 306 g/mol. The molecule has 4 heteroatoms. The molecule has 122 valence electrons. The summed E-state index contributed by atoms with van der Waals surface area (Å²) in [5.41, 5.74) is 4.28. The van der Waals surface area contributed by atoms with Crippen LogP contribution in [-0.2, 0) is 4.79 Å². The summed E-state index contributed by atoms with van der Waals surface area (Å²) in [4.78, 5) is 11.4. The molecule has 1 aliphatic heterocycles. The predicted octanol–water partition coefficient (Wildman–Crippen LogP) is 3.76. The Hall–Kier alpha value is -1.42. The van der Waals surface area contributed by atoms with Crippen LogP contribution < -0.4 is 5.43 Å². The van der Waals surface area contributed by atoms with E-state index in [9.17, 15) is 9.18 Å². The fourth-order valence-electron chi connectivity index (χ4n) is 3.94. The van der Waals surface area contributed by atoms with E-state index in [0.717, 1.165) is 24.8 Å². The minimum atomic E-state index is -0.252. The molecule has 0 bridgehead atoms. The third-order valence-electron chi connectivity index (χ3n) is 5.51. The van der Waals surface area contributed by atoms with Gasteiger partial charge in [0.25, 0.3) is 0 Å². The van der Waals surface area contributed by atoms with Crippen LogP contribution in [0.25, 0.3) is 0 Å². The molecule has 0 aromatic heterocycles. The standard InChI is InChI=1S/C18H27FN2O/c1-6-16(19)9-7-12(2)21-14(4)13(3)17-10-8-15(11-22)18(17,5)20-21/h6-7,9,11-13,15,17,20H,4,8,10H2,1-3,5H3/b9-7-,16-6+. The van der Waals surface area contributed by atoms with Crippen LogP contribution in [0.3, 0.4) is 0 Å². The van der Waals surface area contributed by atoms with Gasteiger partial charge >= 0.3 is 0 Å². The van der Waals surface area contributed by atoms with Gasteiger partial charge in [0.2, 0.25) is 0 Å². The molecule has 0 aromatic carbocycles. The number of fused-ring (bicyclic) bond motifs is 1. The van der Waals surface area contributed by atoms with Crippen LogP contribution in [0.5, 0.6) is 0 Å². The summed E-state index contributed by atoms with van der Waals surface area (Å²) in [6, 6.07) is -0.0358. The number of rotatable bonds is 4. The normalized spacial score (nSPS) is 37.5. The highest BCUT2D eigenvalue weighted by Gasteiger charge is 2.53. The Morgan fingerprint density at radius 3 is 2.82 bits per heavy atom. The van der Waals surface area contributed by atoms with Gasteiger partial charge in [0, 0.05) is 23.1 Å². The third kappa shape index (κ3) is 2.76. The van der Waals surface area contributed by atoms with E-state index >= 15 is 0 Å². The maximum Gasteiger partial charge on any atom is 0.124 e. The van der Waals surface area contributed by atoms with Gasteiger partial charge in [-0.1, -0.05) is 25.7 Å². The zero-order valence-corrected chi connectivity index (χ0v) is 14.0. The van der Waals surface area contributed by atoms with Gasteiger partial charge in [0.15, 0.2) is 0 Å². The van der Waals surface area contributed by atoms with E-state index in [1.807, 2.05) is 18.0 Å². The lowest BCUT2D eigenvalue weighted by atomic mass is 9.74. The van der Waals surface area contributed by atoms with Crippen molar-refractivity contribution >= 4 is 6.29 Å². The van der Waals surface area contributed by atoms with E-state index in [1.165, 1.54) is 12.2 Å². The molecule has 1 N–H and O–H groups in total. The lowest BCUT2D eigenvalue weighted by Crippen LogP contribution is -2.65. The van der Waals surface area contributed by atoms with Crippen molar-refractivity contribution in [2.75, 3.05) is 0 Å². The van der Waals surface area contributed by atoms with Gasteiger partial charge in [0.1, 0.15) is 12.1 Å². The zero-order chi connectivity index (χ0) is 16.5. The second-order valence-electron chi connectivity index (χ2n) is 6.74. The Bertz CT molecular complexity index is 513. The summed E-state index contributed by atoms with van der Waals surface area (Å²) in [5.74, 6) is 0.478. The molecular formula is C18H27FN2O. The average Bonchev–Trinajstić information content (AvgIpc) is 2.84. The van der Waals surface area contributed by atoms with Crippen LogP contribution in [0, 0.1) is 17.8 Å². The topological polar surface area (TPSA) is 32.3 Å². The highest BCUT2D eigenvalue weighted by molar-refractivity contribution is 5.57. The van der Waals surface area contributed by atoms with E-state index in [-0.39, 0.29) is 23.3 Å². The van der Waals surface area contributed by atoms with E-state index < -0.39 is 0 Å². The largest absolute Gasteiger partial charge is 0.306 e. The molecule has 5 unspecified atom stereocenters. The van der Waals surface area contributed by atoms with Crippen molar-refractivity contribution in [2.45, 2.75) is 52.1 Å². The van der Waals surface area contributed by atoms with E-state index in [4.69, 9.17) is 0 Å². The van der Waals surface area contributed by atoms with Gasteiger partial charge in [-0.3, -0.25) is 0 Å². The first-order valence-electron chi connectivity index (χ1n) is 8.06. The number of allylic oxidation sites excluding steroid dienone is 4. The molecule has 5 atom stereocenters. The van der Waals surface area contributed by atoms with Crippen LogP contribution in [0.2, 0.25) is 0 Å². The summed E-state index contributed by atoms with van der Waals surface area (Å²) in [7, 11) is 0. The molecule has 3 nitrogen and oxygen atoms in total. The molecule has 0 amide bonds. The summed E-state index contributed by atoms with van der Waals surface area (Å²) >= 11 is 0. The molecule has 1 heterocycles. The molecule has 2 aliphatic rings. The maximum atomic E-state index is 13.3. The number of hydrazine groups is 1. The Morgan fingerprint density at radius 1 is 1.55 bits per heavy atom. The van der Waals surface area contributed by atoms with Gasteiger partial charge in [-0.15, -0.1) is 0 Å². The van der Waals surface area contributed by atoms with Crippen LogP contribution >= 0.6 is 0 Å². The molecule has 2 fully saturated rings. The number of aldehydes is 1. The number of nitrogens with zero attached hydrogens (tertiary/aromatic N) is 1. The first-order valence-corrected chi connectivity index (χ1v) is 8.06. The highest BCUT2D eigenvalue weighted by atomic mass is 19.1. The van der Waals surface area contributed by atoms with Gasteiger partial charge in [-0.25, -0.2) is 9.82 Å². The Labute approximate surface area is 132 Å². The number of hydrogen-bond acceptors (Lipinski definition) is 3. The van der Waals surface area contributed by atoms with Crippen molar-refractivity contribution in [2.24, 2.45) is 17.8 Å². The van der Waals surface area contributed by atoms with Gasteiger partial charge in [0.05, 0.1) is 6.04 Å². The van der Waals surface area contributed by atoms with Crippen molar-refractivity contribution in [3.05, 3.63) is 36.3 Å². The van der Waals surface area contributed by atoms with Crippen molar-refractivity contribution in [1.82, 2.24) is 10.4 Å². The van der Waals surface area contributed by atoms with Gasteiger partial charge in [-0.2, -0.15) is 0 Å². The first kappa shape index (κ1) is 16.9. The smallest absolute Gasteiger partial charge is 0.124 e. The predicted molar refractivity (Wildman–Crippen MR) is 87.4 cm³/mol. The number of halogens is 1. The Kier molecular flexibility index (Phi) is 4.90. The van der Waals surface area contributed by atoms with Gasteiger partial charge in [-0.05, 0) is 45.6 Å². The first-order chi connectivity index (χ1) is 10.3. The molecule has 1 saturated heterocycles. The van der Waals surface area contributed by atoms with Crippen LogP contribution in [0.1, 0.15) is 40.5 Å². The second-order valence-corrected chi connectivity index (χ2v) is 6.74. The van der Waals surface area contributed by atoms with E-state index in [0.29, 0.717) is 11.8 Å². The maximum absolute atomic E-state index is 13.3. The SMILES string of the molecule is C=C1C(C)C2CCC(C=O)C2(C)NN1C(C)/C=C\C(F)=C/C. The van der Waals surface area contributed by atoms with Crippen molar-refractivity contribution in [3.63, 3.8) is 0 Å². The summed E-state index contributed by atoms with van der Waals surface area (Å²) in [6.45, 7) is 12.2. The quantitative estimate of drug-likeness (QED) is 0.634. The fourth-order valence-corrected chi connectivity index (χ4v) is 3.94. The summed E-state index contributed by atoms with van der Waals surface area (Å²) in [6.07, 6.45) is 7.76. The summed E-state index contributed by atoms with van der Waals surface area (Å²) < 4.78 is 13.3. The number of nitrogens with one attached hydrogen (secondary N) is 1. The van der Waals surface area contributed by atoms with Crippen molar-refractivity contribution < 1.29 is 9.18 Å². The summed E-state index contributed by atoms with van der Waals surface area (Å²) in [5, 5.41) is 2.00. The fraction of sp³-hybridized carbons (Fsp3) is 0.611. The minimum absolute atomic E-state index is 0.0130. The van der Waals surface area contributed by atoms with Gasteiger partial charge < -0.3 is 9.80 Å². The molecule has 1 saturated carbocycles. The molecule has 0 spiro atoms. The number of hydrogen-bond donors (Lipinski definition) is 1. The zero-order valence-electron chi connectivity index (χ0n) is 14.0. The molecule has 0 aromatic rings. The molecule has 1 aliphatic carbocycles. The monoisotopic (exact) mass is 306 g/mol. The molecule has 22 heavy (non-hydrogen) atoms. The van der Waals surface area contributed by atoms with Crippen LogP contribution in [0.4, 0.5) is 4.39 Å². The lowest BCUT2D eigenvalue weighted by Gasteiger charge is -2.52.